The number of rotatable bonds is 6. The molecule has 1 aliphatic heterocycles. The highest BCUT2D eigenvalue weighted by atomic mass is 16.5. The van der Waals surface area contributed by atoms with Gasteiger partial charge in [0.1, 0.15) is 18.3 Å². The fourth-order valence-electron chi connectivity index (χ4n) is 2.51. The lowest BCUT2D eigenvalue weighted by Crippen LogP contribution is -2.53. The van der Waals surface area contributed by atoms with Gasteiger partial charge in [0.05, 0.1) is 26.9 Å². The van der Waals surface area contributed by atoms with Crippen LogP contribution in [0.15, 0.2) is 18.2 Å². The summed E-state index contributed by atoms with van der Waals surface area (Å²) in [4.78, 5) is 12.1. The lowest BCUT2D eigenvalue weighted by Gasteiger charge is -2.34. The van der Waals surface area contributed by atoms with Gasteiger partial charge in [0.15, 0.2) is 17.3 Å². The fraction of sp³-hybridized carbons (Fsp3) is 0.471. The Bertz CT molecular complexity index is 617. The average molecular weight is 354 g/mol. The molecule has 0 saturated carbocycles. The van der Waals surface area contributed by atoms with Gasteiger partial charge in [0.2, 0.25) is 5.75 Å². The quantitative estimate of drug-likeness (QED) is 0.520. The first kappa shape index (κ1) is 19.2. The molecule has 0 aromatic heterocycles. The van der Waals surface area contributed by atoms with Gasteiger partial charge >= 0.3 is 0 Å². The Morgan fingerprint density at radius 3 is 2.36 bits per heavy atom. The molecule has 0 aliphatic carbocycles. The van der Waals surface area contributed by atoms with Crippen LogP contribution in [-0.2, 0) is 9.53 Å². The Kier molecular flexibility index (Phi) is 6.38. The number of carbonyl (C=O) groups excluding carboxylic acids is 1. The highest BCUT2D eigenvalue weighted by Crippen LogP contribution is 2.37. The topological polar surface area (TPSA) is 126 Å². The summed E-state index contributed by atoms with van der Waals surface area (Å²) in [5, 5.41) is 38.7. The fourth-order valence-corrected chi connectivity index (χ4v) is 2.51. The second kappa shape index (κ2) is 8.30. The van der Waals surface area contributed by atoms with Gasteiger partial charge in [-0.25, -0.2) is 0 Å². The van der Waals surface area contributed by atoms with Crippen LogP contribution in [0.2, 0.25) is 0 Å². The van der Waals surface area contributed by atoms with Crippen molar-refractivity contribution < 1.29 is 39.4 Å². The van der Waals surface area contributed by atoms with E-state index in [1.54, 1.807) is 0 Å². The highest BCUT2D eigenvalue weighted by Gasteiger charge is 2.37. The first-order valence-electron chi connectivity index (χ1n) is 7.69. The third kappa shape index (κ3) is 4.49. The lowest BCUT2D eigenvalue weighted by atomic mass is 9.96. The Balaban J connectivity index is 2.05. The predicted molar refractivity (Wildman–Crippen MR) is 87.6 cm³/mol. The monoisotopic (exact) mass is 354 g/mol. The van der Waals surface area contributed by atoms with E-state index in [0.717, 1.165) is 0 Å². The van der Waals surface area contributed by atoms with E-state index in [0.29, 0.717) is 5.56 Å². The Morgan fingerprint density at radius 2 is 1.80 bits per heavy atom. The molecule has 1 saturated heterocycles. The molecule has 0 spiro atoms. The number of hydrogen-bond donors (Lipinski definition) is 4. The largest absolute Gasteiger partial charge is 0.502 e. The van der Waals surface area contributed by atoms with E-state index in [-0.39, 0.29) is 36.1 Å². The first-order valence-corrected chi connectivity index (χ1v) is 7.69. The molecule has 2 rings (SSSR count). The molecule has 8 nitrogen and oxygen atoms in total. The van der Waals surface area contributed by atoms with Gasteiger partial charge in [-0.2, -0.15) is 0 Å². The van der Waals surface area contributed by atoms with Crippen molar-refractivity contribution in [1.82, 2.24) is 0 Å². The van der Waals surface area contributed by atoms with Crippen LogP contribution in [0.25, 0.3) is 6.08 Å². The SMILES string of the molecule is COc1cc(/C=C/C(=O)CC2OC[C@@H](O)[C@H](O)[C@@H]2O)cc(OC)c1O. The summed E-state index contributed by atoms with van der Waals surface area (Å²) < 4.78 is 15.3. The molecule has 1 unspecified atom stereocenters. The Morgan fingerprint density at radius 1 is 1.20 bits per heavy atom. The number of allylic oxidation sites excluding steroid dienone is 1. The Labute approximate surface area is 144 Å². The summed E-state index contributed by atoms with van der Waals surface area (Å²) in [6.45, 7) is -0.147. The van der Waals surface area contributed by atoms with Crippen molar-refractivity contribution in [3.05, 3.63) is 23.8 Å². The minimum Gasteiger partial charge on any atom is -0.502 e. The molecule has 1 aliphatic rings. The van der Waals surface area contributed by atoms with Gasteiger partial charge in [-0.1, -0.05) is 6.08 Å². The molecule has 0 bridgehead atoms. The summed E-state index contributed by atoms with van der Waals surface area (Å²) >= 11 is 0. The summed E-state index contributed by atoms with van der Waals surface area (Å²) in [7, 11) is 2.79. The summed E-state index contributed by atoms with van der Waals surface area (Å²) in [5.41, 5.74) is 0.570. The van der Waals surface area contributed by atoms with Crippen LogP contribution in [0.4, 0.5) is 0 Å². The van der Waals surface area contributed by atoms with E-state index in [1.807, 2.05) is 0 Å². The van der Waals surface area contributed by atoms with E-state index in [2.05, 4.69) is 0 Å². The van der Waals surface area contributed by atoms with E-state index >= 15 is 0 Å². The zero-order chi connectivity index (χ0) is 18.6. The van der Waals surface area contributed by atoms with Crippen molar-refractivity contribution >= 4 is 11.9 Å². The molecule has 8 heteroatoms. The van der Waals surface area contributed by atoms with E-state index in [9.17, 15) is 25.2 Å². The standard InChI is InChI=1S/C17H22O8/c1-23-12-5-9(6-13(24-2)16(12)21)3-4-10(18)7-14-17(22)15(20)11(19)8-25-14/h3-6,11,14-15,17,19-22H,7-8H2,1-2H3/b4-3+/t11-,14?,15+,17-/m1/s1. The van der Waals surface area contributed by atoms with Crippen molar-refractivity contribution in [1.29, 1.82) is 0 Å². The van der Waals surface area contributed by atoms with Crippen molar-refractivity contribution in [2.24, 2.45) is 0 Å². The normalized spacial score (nSPS) is 26.6. The molecule has 1 aromatic rings. The van der Waals surface area contributed by atoms with Crippen molar-refractivity contribution in [3.63, 3.8) is 0 Å². The zero-order valence-electron chi connectivity index (χ0n) is 14.0. The van der Waals surface area contributed by atoms with Crippen molar-refractivity contribution in [2.45, 2.75) is 30.8 Å². The molecule has 25 heavy (non-hydrogen) atoms. The number of ether oxygens (including phenoxy) is 3. The van der Waals surface area contributed by atoms with E-state index < -0.39 is 24.4 Å². The summed E-state index contributed by atoms with van der Waals surface area (Å²) in [6.07, 6.45) is -2.09. The molecule has 1 fully saturated rings. The minimum atomic E-state index is -1.35. The number of aromatic hydroxyl groups is 1. The molecule has 0 radical (unpaired) electrons. The third-order valence-corrected chi connectivity index (χ3v) is 3.97. The lowest BCUT2D eigenvalue weighted by molar-refractivity contribution is -0.188. The van der Waals surface area contributed by atoms with Gasteiger partial charge in [-0.05, 0) is 23.8 Å². The van der Waals surface area contributed by atoms with Crippen molar-refractivity contribution in [3.8, 4) is 17.2 Å². The van der Waals surface area contributed by atoms with Gasteiger partial charge in [-0.15, -0.1) is 0 Å². The number of hydrogen-bond acceptors (Lipinski definition) is 8. The minimum absolute atomic E-state index is 0.139. The molecule has 138 valence electrons. The van der Waals surface area contributed by atoms with Crippen molar-refractivity contribution in [2.75, 3.05) is 20.8 Å². The average Bonchev–Trinajstić information content (AvgIpc) is 2.61. The number of phenolic OH excluding ortho intramolecular Hbond substituents is 1. The number of ketones is 1. The second-order valence-electron chi connectivity index (χ2n) is 5.70. The van der Waals surface area contributed by atoms with Crippen LogP contribution in [0, 0.1) is 0 Å². The maximum Gasteiger partial charge on any atom is 0.200 e. The van der Waals surface area contributed by atoms with Crippen LogP contribution >= 0.6 is 0 Å². The van der Waals surface area contributed by atoms with E-state index in [1.165, 1.54) is 38.5 Å². The molecule has 1 heterocycles. The van der Waals surface area contributed by atoms with Gasteiger partial charge in [0, 0.05) is 6.42 Å². The number of phenols is 1. The van der Waals surface area contributed by atoms with Crippen LogP contribution in [0.5, 0.6) is 17.2 Å². The van der Waals surface area contributed by atoms with Gasteiger partial charge in [-0.3, -0.25) is 4.79 Å². The van der Waals surface area contributed by atoms with Crippen LogP contribution in [-0.4, -0.2) is 71.5 Å². The number of methoxy groups -OCH3 is 2. The Hall–Kier alpha value is -2.13. The number of aliphatic hydroxyl groups excluding tert-OH is 3. The second-order valence-corrected chi connectivity index (χ2v) is 5.70. The molecule has 0 amide bonds. The highest BCUT2D eigenvalue weighted by molar-refractivity contribution is 5.94. The maximum absolute atomic E-state index is 12.1. The molecule has 4 atom stereocenters. The van der Waals surface area contributed by atoms with E-state index in [4.69, 9.17) is 14.2 Å². The number of benzene rings is 1. The van der Waals surface area contributed by atoms with Crippen LogP contribution in [0.3, 0.4) is 0 Å². The molecular weight excluding hydrogens is 332 g/mol. The molecule has 1 aromatic carbocycles. The number of aliphatic hydroxyl groups is 3. The van der Waals surface area contributed by atoms with Gasteiger partial charge in [0.25, 0.3) is 0 Å². The zero-order valence-corrected chi connectivity index (χ0v) is 14.0. The smallest absolute Gasteiger partial charge is 0.200 e. The number of carbonyl (C=O) groups is 1. The van der Waals surface area contributed by atoms with Crippen LogP contribution in [0.1, 0.15) is 12.0 Å². The molecule has 4 N–H and O–H groups in total. The maximum atomic E-state index is 12.1. The summed E-state index contributed by atoms with van der Waals surface area (Å²) in [6, 6.07) is 3.07. The molecular formula is C17H22O8. The third-order valence-electron chi connectivity index (χ3n) is 3.97. The van der Waals surface area contributed by atoms with Crippen LogP contribution < -0.4 is 9.47 Å². The predicted octanol–water partition coefficient (Wildman–Crippen LogP) is -0.137. The first-order chi connectivity index (χ1) is 11.9. The van der Waals surface area contributed by atoms with Gasteiger partial charge < -0.3 is 34.6 Å². The summed E-state index contributed by atoms with van der Waals surface area (Å²) in [5.74, 6) is -0.0670.